The number of phenolic OH excluding ortho intramolecular Hbond substituents is 2. The summed E-state index contributed by atoms with van der Waals surface area (Å²) in [5.41, 5.74) is 3.92. The number of ether oxygens (including phenoxy) is 2. The minimum absolute atomic E-state index is 0.00602. The molecule has 6 rings (SSSR count). The molecule has 7 nitrogen and oxygen atoms in total. The van der Waals surface area contributed by atoms with Crippen LogP contribution in [0, 0.1) is 11.8 Å². The third-order valence-corrected chi connectivity index (χ3v) is 9.71. The summed E-state index contributed by atoms with van der Waals surface area (Å²) in [5, 5.41) is 34.7. The molecule has 1 fully saturated rings. The molecule has 4 aromatic carbocycles. The van der Waals surface area contributed by atoms with Gasteiger partial charge in [0.1, 0.15) is 5.78 Å². The third-order valence-electron chi connectivity index (χ3n) is 9.71. The van der Waals surface area contributed by atoms with Crippen molar-refractivity contribution in [3.05, 3.63) is 120 Å². The van der Waals surface area contributed by atoms with E-state index in [0.29, 0.717) is 37.2 Å². The Labute approximate surface area is 282 Å². The van der Waals surface area contributed by atoms with Gasteiger partial charge >= 0.3 is 0 Å². The van der Waals surface area contributed by atoms with Gasteiger partial charge in [-0.1, -0.05) is 54.6 Å². The molecule has 5 aromatic rings. The standard InChI is InChI=1S/C41H45NO6/c1-47-40-23-28(11-14-36(40)43)20-33(19-27-10-13-31-6-2-3-7-32(31)18-27)38(45)25-39(46)34(22-30-16-17-42-26-30)21-29-12-15-37(44)41(24-29)48-35-8-4-5-9-35/h2-3,6-7,10-18,23-24,26,33-35,39,42-44,46H,4-5,8-9,19-22,25H2,1H3. The molecular formula is C41H45NO6. The van der Waals surface area contributed by atoms with E-state index in [9.17, 15) is 20.1 Å². The highest BCUT2D eigenvalue weighted by molar-refractivity contribution is 5.84. The van der Waals surface area contributed by atoms with Crippen molar-refractivity contribution in [2.45, 2.75) is 70.0 Å². The smallest absolute Gasteiger partial charge is 0.161 e. The molecule has 250 valence electrons. The first kappa shape index (κ1) is 33.2. The minimum atomic E-state index is -0.895. The summed E-state index contributed by atoms with van der Waals surface area (Å²) in [4.78, 5) is 17.3. The predicted molar refractivity (Wildman–Crippen MR) is 188 cm³/mol. The van der Waals surface area contributed by atoms with E-state index in [1.165, 1.54) is 7.11 Å². The highest BCUT2D eigenvalue weighted by atomic mass is 16.5. The van der Waals surface area contributed by atoms with Crippen LogP contribution in [-0.2, 0) is 30.5 Å². The Morgan fingerprint density at radius 1 is 0.771 bits per heavy atom. The van der Waals surface area contributed by atoms with Gasteiger partial charge in [0, 0.05) is 24.7 Å². The lowest BCUT2D eigenvalue weighted by Gasteiger charge is -2.25. The molecule has 1 aromatic heterocycles. The maximum Gasteiger partial charge on any atom is 0.161 e. The quantitative estimate of drug-likeness (QED) is 0.0926. The number of aliphatic hydroxyl groups excluding tert-OH is 1. The second-order valence-corrected chi connectivity index (χ2v) is 13.2. The Hall–Kier alpha value is -4.75. The molecule has 0 spiro atoms. The van der Waals surface area contributed by atoms with Gasteiger partial charge in [0.2, 0.25) is 0 Å². The number of rotatable bonds is 15. The molecule has 1 heterocycles. The fourth-order valence-electron chi connectivity index (χ4n) is 7.02. The number of phenols is 2. The summed E-state index contributed by atoms with van der Waals surface area (Å²) in [7, 11) is 1.51. The molecule has 0 amide bonds. The van der Waals surface area contributed by atoms with Crippen LogP contribution in [-0.4, -0.2) is 45.4 Å². The van der Waals surface area contributed by atoms with Gasteiger partial charge in [-0.2, -0.15) is 0 Å². The van der Waals surface area contributed by atoms with Crippen LogP contribution in [0.1, 0.15) is 54.4 Å². The number of ketones is 1. The number of aliphatic hydroxyl groups is 1. The molecule has 3 unspecified atom stereocenters. The average molecular weight is 648 g/mol. The number of aromatic hydroxyl groups is 2. The summed E-state index contributed by atoms with van der Waals surface area (Å²) in [6.07, 6.45) is 9.30. The van der Waals surface area contributed by atoms with Crippen LogP contribution in [0.15, 0.2) is 97.3 Å². The molecule has 0 aliphatic heterocycles. The monoisotopic (exact) mass is 647 g/mol. The number of hydrogen-bond acceptors (Lipinski definition) is 6. The molecule has 48 heavy (non-hydrogen) atoms. The first-order chi connectivity index (χ1) is 23.3. The number of aromatic amines is 1. The van der Waals surface area contributed by atoms with Crippen LogP contribution in [0.3, 0.4) is 0 Å². The van der Waals surface area contributed by atoms with Crippen molar-refractivity contribution in [1.29, 1.82) is 0 Å². The van der Waals surface area contributed by atoms with E-state index in [0.717, 1.165) is 58.7 Å². The first-order valence-corrected chi connectivity index (χ1v) is 17.0. The number of methoxy groups -OCH3 is 1. The zero-order valence-corrected chi connectivity index (χ0v) is 27.5. The van der Waals surface area contributed by atoms with Crippen molar-refractivity contribution >= 4 is 16.6 Å². The van der Waals surface area contributed by atoms with Crippen LogP contribution in [0.5, 0.6) is 23.0 Å². The summed E-state index contributed by atoms with van der Waals surface area (Å²) in [6.45, 7) is 0. The van der Waals surface area contributed by atoms with E-state index in [1.54, 1.807) is 18.2 Å². The molecule has 7 heteroatoms. The van der Waals surface area contributed by atoms with Crippen molar-refractivity contribution in [3.8, 4) is 23.0 Å². The normalized spacial score (nSPS) is 15.3. The Morgan fingerprint density at radius 3 is 2.10 bits per heavy atom. The largest absolute Gasteiger partial charge is 0.504 e. The number of hydrogen-bond donors (Lipinski definition) is 4. The molecular weight excluding hydrogens is 602 g/mol. The maximum absolute atomic E-state index is 14.2. The van der Waals surface area contributed by atoms with Crippen LogP contribution in [0.2, 0.25) is 0 Å². The summed E-state index contributed by atoms with van der Waals surface area (Å²) >= 11 is 0. The average Bonchev–Trinajstić information content (AvgIpc) is 3.81. The highest BCUT2D eigenvalue weighted by Crippen LogP contribution is 2.34. The molecule has 3 atom stereocenters. The SMILES string of the molecule is COc1cc(CC(Cc2ccc3ccccc3c2)C(=O)CC(O)C(Cc2cc[nH]c2)Cc2ccc(O)c(OC3CCCC3)c2)ccc1O. The summed E-state index contributed by atoms with van der Waals surface area (Å²) in [5.74, 6) is 0.342. The number of Topliss-reactive ketones (excluding diaryl/α,β-unsaturated/α-hetero) is 1. The molecule has 0 radical (unpaired) electrons. The lowest BCUT2D eigenvalue weighted by atomic mass is 9.82. The molecule has 1 aliphatic rings. The van der Waals surface area contributed by atoms with Crippen molar-refractivity contribution in [2.24, 2.45) is 11.8 Å². The van der Waals surface area contributed by atoms with Gasteiger partial charge in [-0.15, -0.1) is 0 Å². The number of carbonyl (C=O) groups excluding carboxylic acids is 1. The fourth-order valence-corrected chi connectivity index (χ4v) is 7.02. The van der Waals surface area contributed by atoms with Crippen molar-refractivity contribution in [2.75, 3.05) is 7.11 Å². The van der Waals surface area contributed by atoms with Gasteiger partial charge in [-0.25, -0.2) is 0 Å². The van der Waals surface area contributed by atoms with E-state index in [2.05, 4.69) is 35.3 Å². The summed E-state index contributed by atoms with van der Waals surface area (Å²) < 4.78 is 11.5. The van der Waals surface area contributed by atoms with Gasteiger partial charge in [0.05, 0.1) is 19.3 Å². The molecule has 4 N–H and O–H groups in total. The van der Waals surface area contributed by atoms with Gasteiger partial charge < -0.3 is 29.8 Å². The Kier molecular flexibility index (Phi) is 10.7. The Morgan fingerprint density at radius 2 is 1.40 bits per heavy atom. The third kappa shape index (κ3) is 8.39. The molecule has 1 aliphatic carbocycles. The zero-order valence-electron chi connectivity index (χ0n) is 27.5. The Bertz CT molecular complexity index is 1810. The number of benzene rings is 4. The summed E-state index contributed by atoms with van der Waals surface area (Å²) in [6, 6.07) is 27.1. The van der Waals surface area contributed by atoms with Crippen molar-refractivity contribution < 1.29 is 29.6 Å². The van der Waals surface area contributed by atoms with Crippen LogP contribution in [0.4, 0.5) is 0 Å². The lowest BCUT2D eigenvalue weighted by Crippen LogP contribution is -2.31. The number of fused-ring (bicyclic) bond motifs is 1. The topological polar surface area (TPSA) is 112 Å². The fraction of sp³-hybridized carbons (Fsp3) is 0.341. The predicted octanol–water partition coefficient (Wildman–Crippen LogP) is 7.73. The van der Waals surface area contributed by atoms with E-state index >= 15 is 0 Å². The first-order valence-electron chi connectivity index (χ1n) is 17.0. The van der Waals surface area contributed by atoms with Gasteiger partial charge in [-0.05, 0) is 121 Å². The van der Waals surface area contributed by atoms with Gasteiger partial charge in [0.15, 0.2) is 23.0 Å². The second-order valence-electron chi connectivity index (χ2n) is 13.2. The lowest BCUT2D eigenvalue weighted by molar-refractivity contribution is -0.125. The Balaban J connectivity index is 1.23. The zero-order chi connectivity index (χ0) is 33.5. The minimum Gasteiger partial charge on any atom is -0.504 e. The van der Waals surface area contributed by atoms with E-state index < -0.39 is 12.0 Å². The van der Waals surface area contributed by atoms with Gasteiger partial charge in [0.25, 0.3) is 0 Å². The second kappa shape index (κ2) is 15.4. The number of nitrogens with one attached hydrogen (secondary N) is 1. The number of H-pyrrole nitrogens is 1. The van der Waals surface area contributed by atoms with E-state index in [1.807, 2.05) is 48.8 Å². The molecule has 0 bridgehead atoms. The van der Waals surface area contributed by atoms with Crippen LogP contribution in [0.25, 0.3) is 10.8 Å². The number of aromatic nitrogens is 1. The van der Waals surface area contributed by atoms with Crippen molar-refractivity contribution in [1.82, 2.24) is 4.98 Å². The van der Waals surface area contributed by atoms with Gasteiger partial charge in [-0.3, -0.25) is 4.79 Å². The van der Waals surface area contributed by atoms with E-state index in [-0.39, 0.29) is 35.7 Å². The highest BCUT2D eigenvalue weighted by Gasteiger charge is 2.28. The number of carbonyl (C=O) groups is 1. The molecule has 0 saturated heterocycles. The van der Waals surface area contributed by atoms with E-state index in [4.69, 9.17) is 9.47 Å². The molecule has 1 saturated carbocycles. The van der Waals surface area contributed by atoms with Crippen LogP contribution < -0.4 is 9.47 Å². The maximum atomic E-state index is 14.2. The van der Waals surface area contributed by atoms with Crippen LogP contribution >= 0.6 is 0 Å². The van der Waals surface area contributed by atoms with Crippen molar-refractivity contribution in [3.63, 3.8) is 0 Å².